The summed E-state index contributed by atoms with van der Waals surface area (Å²) in [6, 6.07) is 0. The van der Waals surface area contributed by atoms with Crippen molar-refractivity contribution < 1.29 is 24.9 Å². The molecule has 1 spiro atoms. The van der Waals surface area contributed by atoms with Crippen LogP contribution in [0.2, 0.25) is 0 Å². The molecule has 7 unspecified atom stereocenters. The van der Waals surface area contributed by atoms with Gasteiger partial charge < -0.3 is 20.1 Å². The van der Waals surface area contributed by atoms with Gasteiger partial charge in [-0.1, -0.05) is 13.3 Å². The van der Waals surface area contributed by atoms with Crippen molar-refractivity contribution in [3.05, 3.63) is 0 Å². The summed E-state index contributed by atoms with van der Waals surface area (Å²) in [5.74, 6) is 0.534. The van der Waals surface area contributed by atoms with Gasteiger partial charge in [-0.3, -0.25) is 4.79 Å². The van der Waals surface area contributed by atoms with Crippen LogP contribution in [0.25, 0.3) is 0 Å². The van der Waals surface area contributed by atoms with Gasteiger partial charge in [0.15, 0.2) is 0 Å². The Morgan fingerprint density at radius 3 is 2.50 bits per heavy atom. The third-order valence-electron chi connectivity index (χ3n) is 9.29. The van der Waals surface area contributed by atoms with Crippen LogP contribution in [0.5, 0.6) is 0 Å². The maximum absolute atomic E-state index is 12.7. The van der Waals surface area contributed by atoms with Gasteiger partial charge in [-0.25, -0.2) is 0 Å². The number of carbonyl (C=O) groups is 1. The molecule has 4 rings (SSSR count). The molecule has 4 saturated carbocycles. The smallest absolute Gasteiger partial charge is 0.314 e. The largest absolute Gasteiger partial charge is 0.469 e. The molecule has 0 aliphatic heterocycles. The molecule has 4 fully saturated rings. The number of rotatable bonds is 3. The summed E-state index contributed by atoms with van der Waals surface area (Å²) in [6.45, 7) is 2.05. The fraction of sp³-hybridized carbons (Fsp3) is 0.952. The predicted octanol–water partition coefficient (Wildman–Crippen LogP) is 2.27. The normalized spacial score (nSPS) is 52.9. The zero-order valence-corrected chi connectivity index (χ0v) is 16.2. The van der Waals surface area contributed by atoms with E-state index in [1.807, 2.05) is 0 Å². The summed E-state index contributed by atoms with van der Waals surface area (Å²) in [7, 11) is 1.43. The minimum Gasteiger partial charge on any atom is -0.469 e. The zero-order chi connectivity index (χ0) is 18.8. The molecule has 4 aliphatic carbocycles. The Hall–Kier alpha value is -0.650. The average Bonchev–Trinajstić information content (AvgIpc) is 2.85. The van der Waals surface area contributed by atoms with Crippen molar-refractivity contribution in [3.8, 4) is 0 Å². The van der Waals surface area contributed by atoms with Gasteiger partial charge in [-0.05, 0) is 80.0 Å². The third kappa shape index (κ3) is 2.17. The minimum atomic E-state index is -0.928. The van der Waals surface area contributed by atoms with Crippen molar-refractivity contribution in [1.29, 1.82) is 0 Å². The van der Waals surface area contributed by atoms with Crippen LogP contribution in [0.3, 0.4) is 0 Å². The molecule has 0 aromatic carbocycles. The monoisotopic (exact) mass is 366 g/mol. The van der Waals surface area contributed by atoms with E-state index in [4.69, 9.17) is 4.74 Å². The molecular weight excluding hydrogens is 332 g/mol. The number of aliphatic hydroxyl groups excluding tert-OH is 2. The van der Waals surface area contributed by atoms with Crippen LogP contribution in [-0.2, 0) is 9.53 Å². The first-order valence-electron chi connectivity index (χ1n) is 10.3. The summed E-state index contributed by atoms with van der Waals surface area (Å²) >= 11 is 0. The first kappa shape index (κ1) is 18.7. The van der Waals surface area contributed by atoms with Gasteiger partial charge in [-0.15, -0.1) is 0 Å². The van der Waals surface area contributed by atoms with Crippen molar-refractivity contribution in [2.24, 2.45) is 34.0 Å². The summed E-state index contributed by atoms with van der Waals surface area (Å²) in [5, 5.41) is 31.1. The molecule has 0 aromatic rings. The number of esters is 1. The van der Waals surface area contributed by atoms with Crippen LogP contribution in [0, 0.1) is 34.0 Å². The molecule has 26 heavy (non-hydrogen) atoms. The average molecular weight is 366 g/mol. The number of hydrogen-bond acceptors (Lipinski definition) is 5. The molecule has 0 amide bonds. The summed E-state index contributed by atoms with van der Waals surface area (Å²) in [6.07, 6.45) is 8.30. The molecule has 3 N–H and O–H groups in total. The second-order valence-corrected chi connectivity index (χ2v) is 10.1. The van der Waals surface area contributed by atoms with Gasteiger partial charge in [0.2, 0.25) is 0 Å². The minimum absolute atomic E-state index is 0.0148. The number of carbonyl (C=O) groups excluding carboxylic acids is 1. The highest BCUT2D eigenvalue weighted by molar-refractivity contribution is 5.77. The summed E-state index contributed by atoms with van der Waals surface area (Å²) in [4.78, 5) is 12.7. The fourth-order valence-electron chi connectivity index (χ4n) is 8.32. The van der Waals surface area contributed by atoms with E-state index in [1.165, 1.54) is 7.11 Å². The molecule has 148 valence electrons. The van der Waals surface area contributed by atoms with Crippen LogP contribution in [0.15, 0.2) is 0 Å². The molecule has 2 bridgehead atoms. The number of hydrogen-bond donors (Lipinski definition) is 3. The number of methoxy groups -OCH3 is 1. The molecule has 5 heteroatoms. The third-order valence-corrected chi connectivity index (χ3v) is 9.29. The molecular formula is C21H34O5. The number of aliphatic hydroxyl groups is 3. The van der Waals surface area contributed by atoms with Crippen molar-refractivity contribution in [2.45, 2.75) is 70.3 Å². The lowest BCUT2D eigenvalue weighted by molar-refractivity contribution is -0.194. The van der Waals surface area contributed by atoms with E-state index in [9.17, 15) is 20.1 Å². The van der Waals surface area contributed by atoms with E-state index in [0.29, 0.717) is 18.8 Å². The van der Waals surface area contributed by atoms with Gasteiger partial charge in [0.05, 0.1) is 31.3 Å². The van der Waals surface area contributed by atoms with E-state index in [1.54, 1.807) is 0 Å². The quantitative estimate of drug-likeness (QED) is 0.667. The Morgan fingerprint density at radius 1 is 1.08 bits per heavy atom. The zero-order valence-electron chi connectivity index (χ0n) is 16.2. The van der Waals surface area contributed by atoms with E-state index in [0.717, 1.165) is 44.9 Å². The molecule has 0 aromatic heterocycles. The summed E-state index contributed by atoms with van der Waals surface area (Å²) < 4.78 is 5.15. The molecule has 7 atom stereocenters. The summed E-state index contributed by atoms with van der Waals surface area (Å²) in [5.41, 5.74) is -1.63. The van der Waals surface area contributed by atoms with E-state index >= 15 is 0 Å². The highest BCUT2D eigenvalue weighted by Gasteiger charge is 2.69. The van der Waals surface area contributed by atoms with Crippen LogP contribution in [-0.4, -0.2) is 47.2 Å². The van der Waals surface area contributed by atoms with Gasteiger partial charge in [0.25, 0.3) is 0 Å². The lowest BCUT2D eigenvalue weighted by atomic mass is 9.40. The number of ether oxygens (including phenoxy) is 1. The molecule has 0 heterocycles. The van der Waals surface area contributed by atoms with Crippen LogP contribution in [0.4, 0.5) is 0 Å². The van der Waals surface area contributed by atoms with Gasteiger partial charge in [0.1, 0.15) is 0 Å². The Labute approximate surface area is 156 Å². The van der Waals surface area contributed by atoms with Gasteiger partial charge in [-0.2, -0.15) is 0 Å². The van der Waals surface area contributed by atoms with Crippen molar-refractivity contribution >= 4 is 5.97 Å². The maximum atomic E-state index is 12.7. The Kier molecular flexibility index (Phi) is 4.26. The first-order chi connectivity index (χ1) is 12.3. The number of fused-ring (bicyclic) bond motifs is 3. The van der Waals surface area contributed by atoms with Crippen molar-refractivity contribution in [1.82, 2.24) is 0 Å². The lowest BCUT2D eigenvalue weighted by Crippen LogP contribution is -2.60. The van der Waals surface area contributed by atoms with Gasteiger partial charge >= 0.3 is 5.97 Å². The molecule has 0 radical (unpaired) electrons. The first-order valence-corrected chi connectivity index (χ1v) is 10.3. The van der Waals surface area contributed by atoms with Crippen LogP contribution < -0.4 is 0 Å². The van der Waals surface area contributed by atoms with Crippen molar-refractivity contribution in [3.63, 3.8) is 0 Å². The molecule has 4 aliphatic rings. The van der Waals surface area contributed by atoms with Crippen LogP contribution >= 0.6 is 0 Å². The second-order valence-electron chi connectivity index (χ2n) is 10.1. The fourth-order valence-corrected chi connectivity index (χ4v) is 8.32. The van der Waals surface area contributed by atoms with E-state index < -0.39 is 11.0 Å². The second kappa shape index (κ2) is 5.92. The highest BCUT2D eigenvalue weighted by atomic mass is 16.5. The standard InChI is InChI=1S/C21H34O5/c1-18-7-3-8-20(12-22,17(24)26-2)16(18)6-9-19-10-14(4-5-15(18)19)21(25,11-19)13-23/h14-16,22-23,25H,3-13H2,1-2H3. The molecule has 0 saturated heterocycles. The van der Waals surface area contributed by atoms with Crippen LogP contribution in [0.1, 0.15) is 64.7 Å². The lowest BCUT2D eigenvalue weighted by Gasteiger charge is -2.63. The Bertz CT molecular complexity index is 593. The van der Waals surface area contributed by atoms with Gasteiger partial charge in [0, 0.05) is 0 Å². The van der Waals surface area contributed by atoms with Crippen molar-refractivity contribution in [2.75, 3.05) is 20.3 Å². The predicted molar refractivity (Wildman–Crippen MR) is 96.1 cm³/mol. The van der Waals surface area contributed by atoms with E-state index in [2.05, 4.69) is 6.92 Å². The highest BCUT2D eigenvalue weighted by Crippen LogP contribution is 2.72. The Balaban J connectivity index is 1.73. The van der Waals surface area contributed by atoms with E-state index in [-0.39, 0.29) is 41.8 Å². The maximum Gasteiger partial charge on any atom is 0.314 e. The Morgan fingerprint density at radius 2 is 1.85 bits per heavy atom. The molecule has 5 nitrogen and oxygen atoms in total. The topological polar surface area (TPSA) is 87.0 Å². The SMILES string of the molecule is COC(=O)C1(CO)CCCC2(C)C3CCC4CC3(CCC12)CC4(O)CO.